The second-order valence-corrected chi connectivity index (χ2v) is 10.0. The lowest BCUT2D eigenvalue weighted by Gasteiger charge is -2.15. The molecule has 0 aliphatic rings. The molecule has 2 heterocycles. The number of aromatic nitrogens is 4. The van der Waals surface area contributed by atoms with E-state index in [2.05, 4.69) is 15.0 Å². The van der Waals surface area contributed by atoms with Crippen LogP contribution in [0, 0.1) is 0 Å². The van der Waals surface area contributed by atoms with Crippen LogP contribution in [0.5, 0.6) is 11.5 Å². The van der Waals surface area contributed by atoms with Crippen LogP contribution in [0.1, 0.15) is 22.5 Å². The van der Waals surface area contributed by atoms with Crippen LogP contribution in [0.25, 0.3) is 11.2 Å². The molecule has 0 aliphatic heterocycles. The molecule has 2 aromatic carbocycles. The third-order valence-corrected chi connectivity index (χ3v) is 6.19. The maximum atomic E-state index is 13.9. The van der Waals surface area contributed by atoms with Crippen LogP contribution in [0.2, 0.25) is 0 Å². The summed E-state index contributed by atoms with van der Waals surface area (Å²) < 4.78 is 77.5. The number of halogens is 3. The first-order valence-corrected chi connectivity index (χ1v) is 12.6. The highest BCUT2D eigenvalue weighted by Crippen LogP contribution is 2.33. The number of nitrogens with zero attached hydrogens (tertiary/aromatic N) is 4. The highest BCUT2D eigenvalue weighted by Gasteiger charge is 2.39. The molecule has 0 saturated carbocycles. The van der Waals surface area contributed by atoms with Crippen molar-refractivity contribution in [1.82, 2.24) is 19.5 Å². The number of nitrogen functional groups attached to an aromatic ring is 1. The summed E-state index contributed by atoms with van der Waals surface area (Å²) in [6, 6.07) is 11.5. The van der Waals surface area contributed by atoms with E-state index < -0.39 is 32.8 Å². The van der Waals surface area contributed by atoms with Gasteiger partial charge in [-0.1, -0.05) is 18.2 Å². The molecule has 0 saturated heterocycles. The highest BCUT2D eigenvalue weighted by atomic mass is 32.2. The molecule has 0 bridgehead atoms. The average molecular weight is 538 g/mol. The molecule has 4 rings (SSSR count). The maximum Gasteiger partial charge on any atom is 0.449 e. The monoisotopic (exact) mass is 537 g/mol. The number of rotatable bonds is 8. The van der Waals surface area contributed by atoms with Gasteiger partial charge in [-0.05, 0) is 35.4 Å². The Labute approximate surface area is 209 Å². The summed E-state index contributed by atoms with van der Waals surface area (Å²) in [6.07, 6.45) is -4.06. The predicted octanol–water partition coefficient (Wildman–Crippen LogP) is 2.96. The molecule has 0 unspecified atom stereocenters. The lowest BCUT2D eigenvalue weighted by Crippen LogP contribution is -2.16. The van der Waals surface area contributed by atoms with E-state index in [0.29, 0.717) is 28.2 Å². The van der Waals surface area contributed by atoms with Crippen molar-refractivity contribution in [2.75, 3.05) is 19.1 Å². The molecule has 37 heavy (non-hydrogen) atoms. The fourth-order valence-electron chi connectivity index (χ4n) is 3.65. The Morgan fingerprint density at radius 2 is 1.84 bits per heavy atom. The Morgan fingerprint density at radius 3 is 2.49 bits per heavy atom. The zero-order chi connectivity index (χ0) is 27.0. The third-order valence-electron chi connectivity index (χ3n) is 5.35. The number of aliphatic hydroxyl groups excluding tert-OH is 1. The minimum Gasteiger partial charge on any atom is -0.496 e. The molecular weight excluding hydrogens is 515 g/mol. The van der Waals surface area contributed by atoms with E-state index in [1.807, 2.05) is 0 Å². The Balaban J connectivity index is 1.75. The lowest BCUT2D eigenvalue weighted by atomic mass is 10.1. The maximum absolute atomic E-state index is 13.9. The number of hydrogen-bond acceptors (Lipinski definition) is 9. The first-order valence-electron chi connectivity index (χ1n) is 10.7. The number of nitrogens with two attached hydrogens (primary N) is 1. The van der Waals surface area contributed by atoms with E-state index in [-0.39, 0.29) is 30.9 Å². The van der Waals surface area contributed by atoms with Crippen LogP contribution >= 0.6 is 0 Å². The molecule has 4 aromatic rings. The summed E-state index contributed by atoms with van der Waals surface area (Å²) in [5.41, 5.74) is 6.62. The summed E-state index contributed by atoms with van der Waals surface area (Å²) in [6.45, 7) is -0.496. The van der Waals surface area contributed by atoms with Crippen LogP contribution in [0.4, 0.5) is 19.0 Å². The van der Waals surface area contributed by atoms with Gasteiger partial charge in [0.2, 0.25) is 15.7 Å². The number of alkyl halides is 3. The number of anilines is 1. The Morgan fingerprint density at radius 1 is 1.08 bits per heavy atom. The van der Waals surface area contributed by atoms with Crippen molar-refractivity contribution < 1.29 is 36.2 Å². The molecule has 14 heteroatoms. The van der Waals surface area contributed by atoms with Gasteiger partial charge in [-0.15, -0.1) is 0 Å². The van der Waals surface area contributed by atoms with Crippen molar-refractivity contribution in [1.29, 1.82) is 0 Å². The van der Waals surface area contributed by atoms with Crippen molar-refractivity contribution >= 4 is 26.8 Å². The minimum absolute atomic E-state index is 0.0239. The van der Waals surface area contributed by atoms with E-state index >= 15 is 0 Å². The number of fused-ring (bicyclic) bond motifs is 1. The topological polar surface area (TPSA) is 142 Å². The van der Waals surface area contributed by atoms with Gasteiger partial charge in [0, 0.05) is 11.8 Å². The largest absolute Gasteiger partial charge is 0.496 e. The number of imidazole rings is 1. The van der Waals surface area contributed by atoms with Crippen LogP contribution < -0.4 is 15.2 Å². The summed E-state index contributed by atoms with van der Waals surface area (Å²) in [5.74, 6) is -0.855. The molecular formula is C23H22F3N5O5S. The van der Waals surface area contributed by atoms with Gasteiger partial charge in [0.1, 0.15) is 18.1 Å². The van der Waals surface area contributed by atoms with Gasteiger partial charge in [0.05, 0.1) is 20.3 Å². The number of methoxy groups -OCH3 is 1. The van der Waals surface area contributed by atoms with Crippen LogP contribution in [0.3, 0.4) is 0 Å². The van der Waals surface area contributed by atoms with Gasteiger partial charge in [-0.25, -0.2) is 13.4 Å². The van der Waals surface area contributed by atoms with Gasteiger partial charge >= 0.3 is 6.18 Å². The first kappa shape index (κ1) is 26.2. The highest BCUT2D eigenvalue weighted by molar-refractivity contribution is 7.90. The zero-order valence-corrected chi connectivity index (χ0v) is 20.5. The Kier molecular flexibility index (Phi) is 6.97. The van der Waals surface area contributed by atoms with Crippen LogP contribution in [0.15, 0.2) is 47.6 Å². The fraction of sp³-hybridized carbons (Fsp3) is 0.261. The molecule has 3 N–H and O–H groups in total. The molecule has 2 aromatic heterocycles. The molecule has 0 spiro atoms. The standard InChI is InChI=1S/C23H22F3N5O5S/c1-35-17-7-6-13(8-15(17)12-36-16-5-3-4-14(9-16)11-32)10-31-20-18(28-21(31)23(24,25)26)19(27)29-22(30-20)37(2,33)34/h3-9,32H,10-12H2,1-2H3,(H2,27,29,30). The summed E-state index contributed by atoms with van der Waals surface area (Å²) in [5, 5.41) is 8.60. The lowest BCUT2D eigenvalue weighted by molar-refractivity contribution is -0.146. The van der Waals surface area contributed by atoms with Gasteiger partial charge in [-0.3, -0.25) is 0 Å². The SMILES string of the molecule is COc1ccc(Cn2c(C(F)(F)F)nc3c(N)nc(S(C)(=O)=O)nc32)cc1COc1cccc(CO)c1. The molecule has 0 atom stereocenters. The van der Waals surface area contributed by atoms with E-state index in [9.17, 15) is 26.7 Å². The van der Waals surface area contributed by atoms with Crippen LogP contribution in [-0.2, 0) is 35.8 Å². The van der Waals surface area contributed by atoms with Gasteiger partial charge < -0.3 is 24.9 Å². The smallest absolute Gasteiger partial charge is 0.449 e. The Bertz CT molecular complexity index is 1570. The number of hydrogen-bond donors (Lipinski definition) is 2. The zero-order valence-electron chi connectivity index (χ0n) is 19.7. The number of benzene rings is 2. The molecule has 0 radical (unpaired) electrons. The molecule has 0 aliphatic carbocycles. The first-order chi connectivity index (χ1) is 17.4. The number of ether oxygens (including phenoxy) is 2. The fourth-order valence-corrected chi connectivity index (χ4v) is 4.17. The second kappa shape index (κ2) is 9.86. The van der Waals surface area contributed by atoms with E-state index in [0.717, 1.165) is 10.8 Å². The Hall–Kier alpha value is -3.91. The van der Waals surface area contributed by atoms with E-state index in [1.54, 1.807) is 42.5 Å². The van der Waals surface area contributed by atoms with Crippen LogP contribution in [-0.4, -0.2) is 46.4 Å². The van der Waals surface area contributed by atoms with Crippen molar-refractivity contribution in [2.24, 2.45) is 0 Å². The van der Waals surface area contributed by atoms with E-state index in [4.69, 9.17) is 15.2 Å². The number of aliphatic hydroxyl groups is 1. The second-order valence-electron chi connectivity index (χ2n) is 8.10. The van der Waals surface area contributed by atoms with Crippen molar-refractivity contribution in [2.45, 2.75) is 31.1 Å². The summed E-state index contributed by atoms with van der Waals surface area (Å²) in [7, 11) is -2.51. The van der Waals surface area contributed by atoms with Crippen molar-refractivity contribution in [3.8, 4) is 11.5 Å². The predicted molar refractivity (Wildman–Crippen MR) is 127 cm³/mol. The molecule has 196 valence electrons. The molecule has 10 nitrogen and oxygen atoms in total. The summed E-state index contributed by atoms with van der Waals surface area (Å²) >= 11 is 0. The third kappa shape index (κ3) is 5.59. The summed E-state index contributed by atoms with van der Waals surface area (Å²) in [4.78, 5) is 11.0. The van der Waals surface area contributed by atoms with Crippen molar-refractivity contribution in [3.63, 3.8) is 0 Å². The number of sulfone groups is 1. The average Bonchev–Trinajstić information content (AvgIpc) is 3.22. The van der Waals surface area contributed by atoms with Gasteiger partial charge in [-0.2, -0.15) is 23.1 Å². The normalized spacial score (nSPS) is 12.2. The van der Waals surface area contributed by atoms with E-state index in [1.165, 1.54) is 7.11 Å². The molecule has 0 fully saturated rings. The van der Waals surface area contributed by atoms with Crippen molar-refractivity contribution in [3.05, 3.63) is 65.0 Å². The quantitative estimate of drug-likeness (QED) is 0.324. The van der Waals surface area contributed by atoms with Gasteiger partial charge in [0.15, 0.2) is 17.0 Å². The minimum atomic E-state index is -4.88. The molecule has 0 amide bonds. The van der Waals surface area contributed by atoms with Gasteiger partial charge in [0.25, 0.3) is 5.16 Å².